The molecule has 0 unspecified atom stereocenters. The van der Waals surface area contributed by atoms with Crippen molar-refractivity contribution in [3.05, 3.63) is 36.3 Å². The first-order valence-electron chi connectivity index (χ1n) is 9.45. The molecule has 0 bridgehead atoms. The van der Waals surface area contributed by atoms with E-state index in [1.165, 1.54) is 0 Å². The summed E-state index contributed by atoms with van der Waals surface area (Å²) < 4.78 is 6.83. The lowest BCUT2D eigenvalue weighted by Gasteiger charge is -2.31. The van der Waals surface area contributed by atoms with E-state index in [-0.39, 0.29) is 11.7 Å². The predicted molar refractivity (Wildman–Crippen MR) is 108 cm³/mol. The number of anilines is 2. The summed E-state index contributed by atoms with van der Waals surface area (Å²) in [6, 6.07) is 7.15. The Morgan fingerprint density at radius 3 is 2.57 bits per heavy atom. The zero-order valence-electron chi connectivity index (χ0n) is 16.3. The smallest absolute Gasteiger partial charge is 0.293 e. The molecule has 1 aliphatic heterocycles. The molecule has 1 saturated heterocycles. The van der Waals surface area contributed by atoms with Crippen LogP contribution in [0, 0.1) is 5.92 Å². The van der Waals surface area contributed by atoms with Gasteiger partial charge in [-0.1, -0.05) is 6.92 Å². The highest BCUT2D eigenvalue weighted by atomic mass is 16.5. The summed E-state index contributed by atoms with van der Waals surface area (Å²) >= 11 is 0. The molecule has 1 N–H and O–H groups in total. The minimum atomic E-state index is -0.347. The molecule has 3 heterocycles. The average molecular weight is 380 g/mol. The summed E-state index contributed by atoms with van der Waals surface area (Å²) in [6.07, 6.45) is 3.99. The fourth-order valence-corrected chi connectivity index (χ4v) is 3.43. The lowest BCUT2D eigenvalue weighted by atomic mass is 9.99. The molecule has 2 aromatic heterocycles. The Bertz CT molecular complexity index is 990. The molecule has 0 saturated carbocycles. The zero-order valence-corrected chi connectivity index (χ0v) is 16.3. The number of hydrogen-bond donors (Lipinski definition) is 1. The van der Waals surface area contributed by atoms with Crippen molar-refractivity contribution >= 4 is 28.4 Å². The van der Waals surface area contributed by atoms with Crippen LogP contribution in [0.25, 0.3) is 11.0 Å². The number of amides is 1. The van der Waals surface area contributed by atoms with Gasteiger partial charge in [-0.2, -0.15) is 5.10 Å². The van der Waals surface area contributed by atoms with Crippen molar-refractivity contribution in [2.75, 3.05) is 30.4 Å². The number of piperidine rings is 1. The summed E-state index contributed by atoms with van der Waals surface area (Å²) in [5.74, 6) is 2.01. The average Bonchev–Trinajstić information content (AvgIpc) is 3.09. The van der Waals surface area contributed by atoms with Crippen molar-refractivity contribution in [1.29, 1.82) is 0 Å². The SMILES string of the molecule is COc1ccc(NC(=O)c2nc(N3CCC(C)CC3)c3cnn(C)c3n2)cc1. The first-order chi connectivity index (χ1) is 13.5. The van der Waals surface area contributed by atoms with Gasteiger partial charge >= 0.3 is 0 Å². The molecular formula is C20H24N6O2. The zero-order chi connectivity index (χ0) is 19.7. The van der Waals surface area contributed by atoms with Crippen LogP contribution in [-0.4, -0.2) is 45.9 Å². The fraction of sp³-hybridized carbons (Fsp3) is 0.400. The summed E-state index contributed by atoms with van der Waals surface area (Å²) in [6.45, 7) is 4.11. The van der Waals surface area contributed by atoms with E-state index in [0.29, 0.717) is 17.3 Å². The van der Waals surface area contributed by atoms with Crippen molar-refractivity contribution in [3.8, 4) is 5.75 Å². The van der Waals surface area contributed by atoms with Crippen LogP contribution in [-0.2, 0) is 7.05 Å². The van der Waals surface area contributed by atoms with Gasteiger partial charge in [0.05, 0.1) is 18.7 Å². The van der Waals surface area contributed by atoms with Crippen molar-refractivity contribution in [2.24, 2.45) is 13.0 Å². The van der Waals surface area contributed by atoms with Gasteiger partial charge in [-0.15, -0.1) is 0 Å². The molecule has 0 atom stereocenters. The number of hydrogen-bond acceptors (Lipinski definition) is 6. The van der Waals surface area contributed by atoms with Gasteiger partial charge in [-0.3, -0.25) is 9.48 Å². The molecule has 4 rings (SSSR count). The summed E-state index contributed by atoms with van der Waals surface area (Å²) in [5.41, 5.74) is 1.32. The fourth-order valence-electron chi connectivity index (χ4n) is 3.43. The van der Waals surface area contributed by atoms with Gasteiger partial charge in [0.1, 0.15) is 11.6 Å². The Morgan fingerprint density at radius 1 is 1.18 bits per heavy atom. The predicted octanol–water partition coefficient (Wildman–Crippen LogP) is 2.86. The Kier molecular flexibility index (Phi) is 4.85. The number of nitrogens with zero attached hydrogens (tertiary/aromatic N) is 5. The van der Waals surface area contributed by atoms with E-state index in [2.05, 4.69) is 32.2 Å². The van der Waals surface area contributed by atoms with Crippen molar-refractivity contribution in [2.45, 2.75) is 19.8 Å². The van der Waals surface area contributed by atoms with E-state index in [1.807, 2.05) is 7.05 Å². The first kappa shape index (κ1) is 18.2. The van der Waals surface area contributed by atoms with E-state index in [4.69, 9.17) is 4.74 Å². The number of ether oxygens (including phenoxy) is 1. The minimum Gasteiger partial charge on any atom is -0.497 e. The quantitative estimate of drug-likeness (QED) is 0.749. The van der Waals surface area contributed by atoms with Gasteiger partial charge in [-0.25, -0.2) is 9.97 Å². The lowest BCUT2D eigenvalue weighted by Crippen LogP contribution is -2.34. The molecule has 1 amide bonds. The second-order valence-electron chi connectivity index (χ2n) is 7.23. The number of benzene rings is 1. The summed E-state index contributed by atoms with van der Waals surface area (Å²) in [7, 11) is 3.43. The lowest BCUT2D eigenvalue weighted by molar-refractivity contribution is 0.101. The highest BCUT2D eigenvalue weighted by Gasteiger charge is 2.23. The maximum Gasteiger partial charge on any atom is 0.293 e. The largest absolute Gasteiger partial charge is 0.497 e. The third kappa shape index (κ3) is 3.49. The highest BCUT2D eigenvalue weighted by Crippen LogP contribution is 2.28. The first-order valence-corrected chi connectivity index (χ1v) is 9.45. The summed E-state index contributed by atoms with van der Waals surface area (Å²) in [5, 5.41) is 8.04. The molecular weight excluding hydrogens is 356 g/mol. The maximum atomic E-state index is 12.8. The number of aromatic nitrogens is 4. The van der Waals surface area contributed by atoms with Crippen LogP contribution in [0.2, 0.25) is 0 Å². The number of nitrogens with one attached hydrogen (secondary N) is 1. The van der Waals surface area contributed by atoms with E-state index < -0.39 is 0 Å². The van der Waals surface area contributed by atoms with Crippen molar-refractivity contribution in [3.63, 3.8) is 0 Å². The topological polar surface area (TPSA) is 85.2 Å². The standard InChI is InChI=1S/C20H24N6O2/c1-13-8-10-26(11-9-13)19-16-12-21-25(2)18(16)23-17(24-19)20(27)22-14-4-6-15(28-3)7-5-14/h4-7,12-13H,8-11H2,1-3H3,(H,22,27). The molecule has 3 aromatic rings. The number of fused-ring (bicyclic) bond motifs is 1. The molecule has 0 radical (unpaired) electrons. The number of carbonyl (C=O) groups is 1. The third-order valence-corrected chi connectivity index (χ3v) is 5.21. The van der Waals surface area contributed by atoms with Crippen LogP contribution in [0.1, 0.15) is 30.4 Å². The van der Waals surface area contributed by atoms with Crippen LogP contribution in [0.15, 0.2) is 30.5 Å². The van der Waals surface area contributed by atoms with Gasteiger partial charge in [0, 0.05) is 25.8 Å². The highest BCUT2D eigenvalue weighted by molar-refractivity contribution is 6.03. The van der Waals surface area contributed by atoms with Gasteiger partial charge < -0.3 is 15.0 Å². The van der Waals surface area contributed by atoms with Crippen LogP contribution >= 0.6 is 0 Å². The van der Waals surface area contributed by atoms with Crippen molar-refractivity contribution < 1.29 is 9.53 Å². The molecule has 1 aromatic carbocycles. The number of rotatable bonds is 4. The normalized spacial score (nSPS) is 15.0. The van der Waals surface area contributed by atoms with Crippen LogP contribution in [0.5, 0.6) is 5.75 Å². The number of aryl methyl sites for hydroxylation is 1. The molecule has 1 fully saturated rings. The molecule has 0 aliphatic carbocycles. The Balaban J connectivity index is 1.66. The molecule has 8 heteroatoms. The second-order valence-corrected chi connectivity index (χ2v) is 7.23. The maximum absolute atomic E-state index is 12.8. The van der Waals surface area contributed by atoms with Crippen LogP contribution in [0.4, 0.5) is 11.5 Å². The van der Waals surface area contributed by atoms with E-state index in [9.17, 15) is 4.79 Å². The second kappa shape index (κ2) is 7.46. The molecule has 8 nitrogen and oxygen atoms in total. The minimum absolute atomic E-state index is 0.139. The van der Waals surface area contributed by atoms with Gasteiger partial charge in [0.15, 0.2) is 5.65 Å². The Labute approximate surface area is 163 Å². The summed E-state index contributed by atoms with van der Waals surface area (Å²) in [4.78, 5) is 24.1. The monoisotopic (exact) mass is 380 g/mol. The van der Waals surface area contributed by atoms with Gasteiger partial charge in [0.25, 0.3) is 5.91 Å². The van der Waals surface area contributed by atoms with E-state index in [1.54, 1.807) is 42.3 Å². The van der Waals surface area contributed by atoms with Crippen LogP contribution < -0.4 is 15.0 Å². The van der Waals surface area contributed by atoms with Gasteiger partial charge in [-0.05, 0) is 43.0 Å². The van der Waals surface area contributed by atoms with Crippen molar-refractivity contribution in [1.82, 2.24) is 19.7 Å². The third-order valence-electron chi connectivity index (χ3n) is 5.21. The molecule has 0 spiro atoms. The number of carbonyl (C=O) groups excluding carboxylic acids is 1. The van der Waals surface area contributed by atoms with E-state index >= 15 is 0 Å². The molecule has 28 heavy (non-hydrogen) atoms. The Morgan fingerprint density at radius 2 is 1.89 bits per heavy atom. The van der Waals surface area contributed by atoms with Crippen LogP contribution in [0.3, 0.4) is 0 Å². The molecule has 146 valence electrons. The number of methoxy groups -OCH3 is 1. The van der Waals surface area contributed by atoms with Gasteiger partial charge in [0.2, 0.25) is 5.82 Å². The van der Waals surface area contributed by atoms with E-state index in [0.717, 1.165) is 42.9 Å². The Hall–Kier alpha value is -3.16. The molecule has 1 aliphatic rings.